The van der Waals surface area contributed by atoms with Crippen molar-refractivity contribution in [1.29, 1.82) is 0 Å². The lowest BCUT2D eigenvalue weighted by atomic mass is 10.1. The molecule has 0 spiro atoms. The maximum absolute atomic E-state index is 9.18. The highest BCUT2D eigenvalue weighted by molar-refractivity contribution is 5.51. The van der Waals surface area contributed by atoms with Crippen LogP contribution in [0.1, 0.15) is 5.56 Å². The van der Waals surface area contributed by atoms with Crippen LogP contribution in [0.2, 0.25) is 0 Å². The predicted octanol–water partition coefficient (Wildman–Crippen LogP) is 1.73. The van der Waals surface area contributed by atoms with E-state index in [0.717, 1.165) is 18.7 Å². The van der Waals surface area contributed by atoms with E-state index in [1.807, 2.05) is 24.3 Å². The van der Waals surface area contributed by atoms with Crippen molar-refractivity contribution in [2.75, 3.05) is 17.3 Å². The van der Waals surface area contributed by atoms with E-state index in [4.69, 9.17) is 5.84 Å². The zero-order valence-corrected chi connectivity index (χ0v) is 9.93. The number of hydrazine groups is 1. The van der Waals surface area contributed by atoms with Crippen LogP contribution in [-0.4, -0.2) is 16.6 Å². The second kappa shape index (κ2) is 5.88. The Kier molecular flexibility index (Phi) is 3.98. The van der Waals surface area contributed by atoms with Crippen LogP contribution in [0, 0.1) is 0 Å². The van der Waals surface area contributed by atoms with Gasteiger partial charge in [-0.05, 0) is 30.2 Å². The van der Waals surface area contributed by atoms with E-state index in [1.54, 1.807) is 18.3 Å². The fraction of sp³-hybridized carbons (Fsp3) is 0.154. The van der Waals surface area contributed by atoms with Crippen LogP contribution in [0.4, 0.5) is 11.5 Å². The maximum atomic E-state index is 9.18. The minimum atomic E-state index is 0.291. The van der Waals surface area contributed by atoms with Crippen molar-refractivity contribution >= 4 is 11.5 Å². The largest absolute Gasteiger partial charge is 0.508 e. The van der Waals surface area contributed by atoms with E-state index in [-0.39, 0.29) is 0 Å². The summed E-state index contributed by atoms with van der Waals surface area (Å²) in [5.74, 6) is 6.21. The molecule has 5 N–H and O–H groups in total. The molecule has 5 heteroatoms. The smallest absolute Gasteiger partial charge is 0.141 e. The second-order valence-corrected chi connectivity index (χ2v) is 3.92. The van der Waals surface area contributed by atoms with E-state index in [1.165, 1.54) is 5.56 Å². The van der Waals surface area contributed by atoms with E-state index in [0.29, 0.717) is 11.6 Å². The SMILES string of the molecule is NNc1cc(NCCc2ccc(O)cc2)ccn1. The quantitative estimate of drug-likeness (QED) is 0.475. The molecule has 1 heterocycles. The Morgan fingerprint density at radius 2 is 1.94 bits per heavy atom. The van der Waals surface area contributed by atoms with Crippen molar-refractivity contribution in [2.24, 2.45) is 5.84 Å². The molecule has 1 aromatic heterocycles. The highest BCUT2D eigenvalue weighted by atomic mass is 16.3. The molecule has 2 rings (SSSR count). The Morgan fingerprint density at radius 3 is 2.67 bits per heavy atom. The molecule has 0 aliphatic carbocycles. The number of aromatic nitrogens is 1. The summed E-state index contributed by atoms with van der Waals surface area (Å²) in [7, 11) is 0. The first-order valence-corrected chi connectivity index (χ1v) is 5.72. The summed E-state index contributed by atoms with van der Waals surface area (Å²) in [5, 5.41) is 12.5. The molecule has 0 aliphatic heterocycles. The number of aromatic hydroxyl groups is 1. The van der Waals surface area contributed by atoms with E-state index < -0.39 is 0 Å². The molecular weight excluding hydrogens is 228 g/mol. The average Bonchev–Trinajstić information content (AvgIpc) is 2.41. The second-order valence-electron chi connectivity index (χ2n) is 3.92. The van der Waals surface area contributed by atoms with Crippen LogP contribution in [0.5, 0.6) is 5.75 Å². The van der Waals surface area contributed by atoms with Crippen LogP contribution in [0.3, 0.4) is 0 Å². The Hall–Kier alpha value is -2.27. The molecule has 5 nitrogen and oxygen atoms in total. The summed E-state index contributed by atoms with van der Waals surface area (Å²) in [6.45, 7) is 0.804. The lowest BCUT2D eigenvalue weighted by Crippen LogP contribution is -2.10. The third kappa shape index (κ3) is 3.36. The van der Waals surface area contributed by atoms with Gasteiger partial charge in [0.05, 0.1) is 0 Å². The van der Waals surface area contributed by atoms with Gasteiger partial charge < -0.3 is 15.8 Å². The third-order valence-electron chi connectivity index (χ3n) is 2.59. The number of hydrogen-bond acceptors (Lipinski definition) is 5. The number of phenolic OH excluding ortho intramolecular Hbond substituents is 1. The number of pyridine rings is 1. The maximum Gasteiger partial charge on any atom is 0.141 e. The number of hydrogen-bond donors (Lipinski definition) is 4. The van der Waals surface area contributed by atoms with Crippen molar-refractivity contribution in [2.45, 2.75) is 6.42 Å². The first-order chi connectivity index (χ1) is 8.78. The molecule has 18 heavy (non-hydrogen) atoms. The molecule has 0 atom stereocenters. The van der Waals surface area contributed by atoms with Crippen molar-refractivity contribution in [3.05, 3.63) is 48.2 Å². The van der Waals surface area contributed by atoms with Gasteiger partial charge in [-0.1, -0.05) is 12.1 Å². The Balaban J connectivity index is 1.86. The standard InChI is InChI=1S/C13H16N4O/c14-17-13-9-11(6-8-16-13)15-7-5-10-1-3-12(18)4-2-10/h1-4,6,8-9,18H,5,7,14H2,(H2,15,16,17). The fourth-order valence-electron chi connectivity index (χ4n) is 1.63. The number of nitrogens with zero attached hydrogens (tertiary/aromatic N) is 1. The molecule has 2 aromatic rings. The lowest BCUT2D eigenvalue weighted by molar-refractivity contribution is 0.475. The molecule has 0 bridgehead atoms. The van der Waals surface area contributed by atoms with Gasteiger partial charge in [0.2, 0.25) is 0 Å². The average molecular weight is 244 g/mol. The van der Waals surface area contributed by atoms with Crippen LogP contribution in [0.15, 0.2) is 42.6 Å². The molecule has 0 saturated carbocycles. The summed E-state index contributed by atoms with van der Waals surface area (Å²) in [6, 6.07) is 10.9. The zero-order valence-electron chi connectivity index (χ0n) is 9.93. The van der Waals surface area contributed by atoms with Crippen molar-refractivity contribution in [3.8, 4) is 5.75 Å². The Morgan fingerprint density at radius 1 is 1.17 bits per heavy atom. The molecular formula is C13H16N4O. The van der Waals surface area contributed by atoms with Gasteiger partial charge in [-0.15, -0.1) is 0 Å². The molecule has 0 fully saturated rings. The first kappa shape index (κ1) is 12.2. The highest BCUT2D eigenvalue weighted by Crippen LogP contribution is 2.12. The van der Waals surface area contributed by atoms with E-state index in [2.05, 4.69) is 15.7 Å². The number of nitrogen functional groups attached to an aromatic ring is 1. The Bertz CT molecular complexity index is 499. The van der Waals surface area contributed by atoms with Gasteiger partial charge in [0.15, 0.2) is 0 Å². The molecule has 0 aliphatic rings. The zero-order chi connectivity index (χ0) is 12.8. The number of benzene rings is 1. The number of anilines is 2. The van der Waals surface area contributed by atoms with Gasteiger partial charge in [-0.2, -0.15) is 0 Å². The van der Waals surface area contributed by atoms with Crippen molar-refractivity contribution in [3.63, 3.8) is 0 Å². The first-order valence-electron chi connectivity index (χ1n) is 5.72. The van der Waals surface area contributed by atoms with Gasteiger partial charge in [0.1, 0.15) is 11.6 Å². The van der Waals surface area contributed by atoms with Crippen LogP contribution in [-0.2, 0) is 6.42 Å². The van der Waals surface area contributed by atoms with Crippen molar-refractivity contribution in [1.82, 2.24) is 4.98 Å². The minimum Gasteiger partial charge on any atom is -0.508 e. The van der Waals surface area contributed by atoms with Gasteiger partial charge >= 0.3 is 0 Å². The summed E-state index contributed by atoms with van der Waals surface area (Å²) in [4.78, 5) is 4.03. The van der Waals surface area contributed by atoms with Crippen LogP contribution in [0.25, 0.3) is 0 Å². The molecule has 0 amide bonds. The normalized spacial score (nSPS) is 10.1. The van der Waals surface area contributed by atoms with E-state index >= 15 is 0 Å². The van der Waals surface area contributed by atoms with Gasteiger partial charge in [0, 0.05) is 24.5 Å². The van der Waals surface area contributed by atoms with Crippen LogP contribution < -0.4 is 16.6 Å². The lowest BCUT2D eigenvalue weighted by Gasteiger charge is -2.07. The highest BCUT2D eigenvalue weighted by Gasteiger charge is 1.96. The summed E-state index contributed by atoms with van der Waals surface area (Å²) >= 11 is 0. The predicted molar refractivity (Wildman–Crippen MR) is 72.3 cm³/mol. The summed E-state index contributed by atoms with van der Waals surface area (Å²) in [6.07, 6.45) is 2.58. The number of phenols is 1. The fourth-order valence-corrected chi connectivity index (χ4v) is 1.63. The Labute approximate surface area is 106 Å². The molecule has 0 unspecified atom stereocenters. The minimum absolute atomic E-state index is 0.291. The van der Waals surface area contributed by atoms with Crippen LogP contribution >= 0.6 is 0 Å². The van der Waals surface area contributed by atoms with E-state index in [9.17, 15) is 5.11 Å². The number of nitrogens with one attached hydrogen (secondary N) is 2. The van der Waals surface area contributed by atoms with Gasteiger partial charge in [-0.3, -0.25) is 0 Å². The molecule has 1 aromatic carbocycles. The topological polar surface area (TPSA) is 83.2 Å². The van der Waals surface area contributed by atoms with Gasteiger partial charge in [-0.25, -0.2) is 10.8 Å². The van der Waals surface area contributed by atoms with Gasteiger partial charge in [0.25, 0.3) is 0 Å². The molecule has 94 valence electrons. The molecule has 0 saturated heterocycles. The summed E-state index contributed by atoms with van der Waals surface area (Å²) in [5.41, 5.74) is 4.64. The number of nitrogens with two attached hydrogens (primary N) is 1. The monoisotopic (exact) mass is 244 g/mol. The summed E-state index contributed by atoms with van der Waals surface area (Å²) < 4.78 is 0. The van der Waals surface area contributed by atoms with Crippen molar-refractivity contribution < 1.29 is 5.11 Å². The third-order valence-corrected chi connectivity index (χ3v) is 2.59. The number of rotatable bonds is 5. The molecule has 0 radical (unpaired) electrons.